The molecule has 0 aliphatic heterocycles. The molecule has 1 rings (SSSR count). The van der Waals surface area contributed by atoms with Gasteiger partial charge in [-0.3, -0.25) is 9.69 Å². The van der Waals surface area contributed by atoms with Crippen LogP contribution in [0.25, 0.3) is 0 Å². The SMILES string of the molecule is CCN(CC(C)C)C1(C(=O)O)CCCCCC1. The van der Waals surface area contributed by atoms with Crippen LogP contribution < -0.4 is 0 Å². The van der Waals surface area contributed by atoms with E-state index < -0.39 is 11.5 Å². The molecule has 3 nitrogen and oxygen atoms in total. The Bertz CT molecular complexity index is 243. The van der Waals surface area contributed by atoms with Crippen LogP contribution in [0.5, 0.6) is 0 Å². The van der Waals surface area contributed by atoms with Crippen LogP contribution >= 0.6 is 0 Å². The standard InChI is InChI=1S/C14H27NO2/c1-4-15(11-12(2)3)14(13(16)17)9-7-5-6-8-10-14/h12H,4-11H2,1-3H3,(H,16,17). The van der Waals surface area contributed by atoms with E-state index in [2.05, 4.69) is 25.7 Å². The molecule has 0 aromatic carbocycles. The average Bonchev–Trinajstić information content (AvgIpc) is 2.51. The zero-order valence-electron chi connectivity index (χ0n) is 11.5. The molecule has 3 heteroatoms. The van der Waals surface area contributed by atoms with E-state index in [1.807, 2.05) is 0 Å². The lowest BCUT2D eigenvalue weighted by Gasteiger charge is -2.40. The molecule has 1 N–H and O–H groups in total. The van der Waals surface area contributed by atoms with Gasteiger partial charge in [-0.25, -0.2) is 0 Å². The van der Waals surface area contributed by atoms with Gasteiger partial charge in [-0.15, -0.1) is 0 Å². The number of nitrogens with zero attached hydrogens (tertiary/aromatic N) is 1. The monoisotopic (exact) mass is 241 g/mol. The van der Waals surface area contributed by atoms with Crippen molar-refractivity contribution in [1.82, 2.24) is 4.90 Å². The van der Waals surface area contributed by atoms with Gasteiger partial charge in [0.05, 0.1) is 0 Å². The number of aliphatic carboxylic acids is 1. The Morgan fingerprint density at radius 2 is 1.76 bits per heavy atom. The number of hydrogen-bond donors (Lipinski definition) is 1. The molecule has 0 radical (unpaired) electrons. The zero-order valence-corrected chi connectivity index (χ0v) is 11.5. The number of carboxylic acid groups (broad SMARTS) is 1. The molecule has 0 atom stereocenters. The third kappa shape index (κ3) is 3.44. The fourth-order valence-electron chi connectivity index (χ4n) is 3.03. The van der Waals surface area contributed by atoms with Crippen LogP contribution in [0, 0.1) is 5.92 Å². The Labute approximate surface area is 105 Å². The summed E-state index contributed by atoms with van der Waals surface area (Å²) in [5.41, 5.74) is -0.588. The summed E-state index contributed by atoms with van der Waals surface area (Å²) in [7, 11) is 0. The summed E-state index contributed by atoms with van der Waals surface area (Å²) < 4.78 is 0. The van der Waals surface area contributed by atoms with Gasteiger partial charge in [-0.05, 0) is 25.3 Å². The fraction of sp³-hybridized carbons (Fsp3) is 0.929. The van der Waals surface area contributed by atoms with E-state index in [1.165, 1.54) is 12.8 Å². The van der Waals surface area contributed by atoms with Crippen molar-refractivity contribution in [2.24, 2.45) is 5.92 Å². The minimum Gasteiger partial charge on any atom is -0.480 e. The van der Waals surface area contributed by atoms with Crippen molar-refractivity contribution in [2.75, 3.05) is 13.1 Å². The molecular formula is C14H27NO2. The Morgan fingerprint density at radius 3 is 2.12 bits per heavy atom. The number of carbonyl (C=O) groups is 1. The second-order valence-electron chi connectivity index (χ2n) is 5.68. The quantitative estimate of drug-likeness (QED) is 0.752. The molecule has 1 aliphatic carbocycles. The van der Waals surface area contributed by atoms with Crippen LogP contribution in [0.4, 0.5) is 0 Å². The van der Waals surface area contributed by atoms with Crippen LogP contribution in [0.15, 0.2) is 0 Å². The van der Waals surface area contributed by atoms with Gasteiger partial charge in [0.1, 0.15) is 5.54 Å². The Balaban J connectivity index is 2.90. The van der Waals surface area contributed by atoms with Crippen molar-refractivity contribution < 1.29 is 9.90 Å². The predicted octanol–water partition coefficient (Wildman–Crippen LogP) is 3.14. The van der Waals surface area contributed by atoms with Crippen LogP contribution in [-0.2, 0) is 4.79 Å². The molecule has 17 heavy (non-hydrogen) atoms. The van der Waals surface area contributed by atoms with Crippen molar-refractivity contribution >= 4 is 5.97 Å². The third-order valence-electron chi connectivity index (χ3n) is 3.90. The lowest BCUT2D eigenvalue weighted by atomic mass is 9.87. The molecule has 100 valence electrons. The first kappa shape index (κ1) is 14.5. The lowest BCUT2D eigenvalue weighted by Crippen LogP contribution is -2.55. The minimum atomic E-state index is -0.609. The highest BCUT2D eigenvalue weighted by Crippen LogP contribution is 2.33. The van der Waals surface area contributed by atoms with Gasteiger partial charge in [0, 0.05) is 6.54 Å². The van der Waals surface area contributed by atoms with Gasteiger partial charge in [-0.2, -0.15) is 0 Å². The molecule has 1 aliphatic rings. The highest BCUT2D eigenvalue weighted by molar-refractivity contribution is 5.78. The summed E-state index contributed by atoms with van der Waals surface area (Å²) in [4.78, 5) is 14.0. The molecule has 0 amide bonds. The Hall–Kier alpha value is -0.570. The molecular weight excluding hydrogens is 214 g/mol. The number of hydrogen-bond acceptors (Lipinski definition) is 2. The highest BCUT2D eigenvalue weighted by Gasteiger charge is 2.43. The van der Waals surface area contributed by atoms with Crippen molar-refractivity contribution in [3.63, 3.8) is 0 Å². The van der Waals surface area contributed by atoms with E-state index in [0.29, 0.717) is 5.92 Å². The van der Waals surface area contributed by atoms with E-state index in [0.717, 1.165) is 38.8 Å². The molecule has 0 aromatic rings. The molecule has 1 fully saturated rings. The maximum atomic E-state index is 11.8. The summed E-state index contributed by atoms with van der Waals surface area (Å²) in [6, 6.07) is 0. The summed E-state index contributed by atoms with van der Waals surface area (Å²) in [5, 5.41) is 9.69. The van der Waals surface area contributed by atoms with Gasteiger partial charge in [0.15, 0.2) is 0 Å². The Kier molecular flexibility index (Phi) is 5.44. The minimum absolute atomic E-state index is 0.523. The van der Waals surface area contributed by atoms with Gasteiger partial charge in [0.25, 0.3) is 0 Å². The molecule has 1 saturated carbocycles. The second kappa shape index (κ2) is 6.39. The molecule has 0 heterocycles. The molecule has 0 aromatic heterocycles. The summed E-state index contributed by atoms with van der Waals surface area (Å²) in [6.07, 6.45) is 6.14. The first-order valence-electron chi connectivity index (χ1n) is 7.01. The van der Waals surface area contributed by atoms with Gasteiger partial charge >= 0.3 is 5.97 Å². The van der Waals surface area contributed by atoms with Crippen molar-refractivity contribution in [3.8, 4) is 0 Å². The van der Waals surface area contributed by atoms with Crippen LogP contribution in [0.1, 0.15) is 59.3 Å². The predicted molar refractivity (Wildman–Crippen MR) is 70.2 cm³/mol. The number of rotatable bonds is 5. The molecule has 0 spiro atoms. The highest BCUT2D eigenvalue weighted by atomic mass is 16.4. The fourth-order valence-corrected chi connectivity index (χ4v) is 3.03. The van der Waals surface area contributed by atoms with Gasteiger partial charge in [-0.1, -0.05) is 46.5 Å². The number of carboxylic acids is 1. The lowest BCUT2D eigenvalue weighted by molar-refractivity contribution is -0.153. The third-order valence-corrected chi connectivity index (χ3v) is 3.90. The molecule has 0 saturated heterocycles. The second-order valence-corrected chi connectivity index (χ2v) is 5.68. The van der Waals surface area contributed by atoms with Gasteiger partial charge in [0.2, 0.25) is 0 Å². The van der Waals surface area contributed by atoms with Crippen LogP contribution in [0.3, 0.4) is 0 Å². The Morgan fingerprint density at radius 1 is 1.24 bits per heavy atom. The van der Waals surface area contributed by atoms with Crippen LogP contribution in [-0.4, -0.2) is 34.6 Å². The van der Waals surface area contributed by atoms with Crippen LogP contribution in [0.2, 0.25) is 0 Å². The first-order chi connectivity index (χ1) is 8.03. The number of likely N-dealkylation sites (N-methyl/N-ethyl adjacent to an activating group) is 1. The molecule has 0 unspecified atom stereocenters. The van der Waals surface area contributed by atoms with E-state index in [-0.39, 0.29) is 0 Å². The summed E-state index contributed by atoms with van der Waals surface area (Å²) >= 11 is 0. The van der Waals surface area contributed by atoms with Gasteiger partial charge < -0.3 is 5.11 Å². The molecule has 0 bridgehead atoms. The van der Waals surface area contributed by atoms with E-state index in [4.69, 9.17) is 0 Å². The summed E-state index contributed by atoms with van der Waals surface area (Å²) in [5.74, 6) is -0.0867. The average molecular weight is 241 g/mol. The topological polar surface area (TPSA) is 40.5 Å². The van der Waals surface area contributed by atoms with E-state index >= 15 is 0 Å². The largest absolute Gasteiger partial charge is 0.480 e. The zero-order chi connectivity index (χ0) is 12.9. The van der Waals surface area contributed by atoms with Crippen molar-refractivity contribution in [2.45, 2.75) is 64.8 Å². The van der Waals surface area contributed by atoms with E-state index in [9.17, 15) is 9.90 Å². The smallest absolute Gasteiger partial charge is 0.324 e. The van der Waals surface area contributed by atoms with Crippen molar-refractivity contribution in [3.05, 3.63) is 0 Å². The summed E-state index contributed by atoms with van der Waals surface area (Å²) in [6.45, 7) is 8.13. The maximum absolute atomic E-state index is 11.8. The first-order valence-corrected chi connectivity index (χ1v) is 7.01. The normalized spacial score (nSPS) is 20.5. The van der Waals surface area contributed by atoms with Crippen molar-refractivity contribution in [1.29, 1.82) is 0 Å². The maximum Gasteiger partial charge on any atom is 0.324 e. The van der Waals surface area contributed by atoms with E-state index in [1.54, 1.807) is 0 Å².